The molecule has 0 aliphatic carbocycles. The van der Waals surface area contributed by atoms with E-state index in [1.807, 2.05) is 22.8 Å². The van der Waals surface area contributed by atoms with Gasteiger partial charge in [0.2, 0.25) is 0 Å². The summed E-state index contributed by atoms with van der Waals surface area (Å²) in [6, 6.07) is 11.7. The van der Waals surface area contributed by atoms with E-state index in [1.54, 1.807) is 12.4 Å². The lowest BCUT2D eigenvalue weighted by atomic mass is 10.1. The number of hydrogen-bond donors (Lipinski definition) is 0. The van der Waals surface area contributed by atoms with Gasteiger partial charge in [0.05, 0.1) is 11.0 Å². The normalized spacial score (nSPS) is 10.8. The first-order valence-corrected chi connectivity index (χ1v) is 6.19. The Morgan fingerprint density at radius 1 is 1.11 bits per heavy atom. The average Bonchev–Trinajstić information content (AvgIpc) is 2.82. The Bertz CT molecular complexity index is 772. The number of aromatic nitrogens is 2. The molecule has 2 aromatic carbocycles. The SMILES string of the molecule is Cc1cc2ncn(-c3cccc(C=O)c3)c2cc1C. The minimum Gasteiger partial charge on any atom is -0.299 e. The van der Waals surface area contributed by atoms with Gasteiger partial charge in [-0.3, -0.25) is 9.36 Å². The monoisotopic (exact) mass is 250 g/mol. The van der Waals surface area contributed by atoms with Gasteiger partial charge in [0.1, 0.15) is 12.6 Å². The highest BCUT2D eigenvalue weighted by Crippen LogP contribution is 2.22. The molecule has 3 heteroatoms. The molecule has 1 heterocycles. The van der Waals surface area contributed by atoms with Gasteiger partial charge >= 0.3 is 0 Å². The molecule has 0 amide bonds. The summed E-state index contributed by atoms with van der Waals surface area (Å²) >= 11 is 0. The molecule has 0 aliphatic heterocycles. The van der Waals surface area contributed by atoms with Gasteiger partial charge in [0, 0.05) is 11.3 Å². The van der Waals surface area contributed by atoms with Crippen LogP contribution in [-0.2, 0) is 0 Å². The summed E-state index contributed by atoms with van der Waals surface area (Å²) in [5.41, 5.74) is 6.13. The molecule has 0 aliphatic rings. The van der Waals surface area contributed by atoms with Crippen molar-refractivity contribution in [2.75, 3.05) is 0 Å². The third-order valence-electron chi connectivity index (χ3n) is 3.45. The van der Waals surface area contributed by atoms with Gasteiger partial charge in [-0.25, -0.2) is 4.98 Å². The zero-order valence-corrected chi connectivity index (χ0v) is 10.9. The second kappa shape index (κ2) is 4.35. The van der Waals surface area contributed by atoms with Gasteiger partial charge in [-0.2, -0.15) is 0 Å². The second-order valence-corrected chi connectivity index (χ2v) is 4.75. The van der Waals surface area contributed by atoms with Crippen molar-refractivity contribution in [3.8, 4) is 5.69 Å². The van der Waals surface area contributed by atoms with Crippen LogP contribution in [0.5, 0.6) is 0 Å². The minimum atomic E-state index is 0.670. The molecule has 1 aromatic heterocycles. The summed E-state index contributed by atoms with van der Waals surface area (Å²) in [5.74, 6) is 0. The van der Waals surface area contributed by atoms with Crippen LogP contribution < -0.4 is 0 Å². The predicted molar refractivity (Wildman–Crippen MR) is 75.9 cm³/mol. The Kier molecular flexibility index (Phi) is 2.67. The third-order valence-corrected chi connectivity index (χ3v) is 3.45. The highest BCUT2D eigenvalue weighted by atomic mass is 16.1. The Labute approximate surface area is 111 Å². The first-order valence-electron chi connectivity index (χ1n) is 6.19. The van der Waals surface area contributed by atoms with Crippen LogP contribution in [0.3, 0.4) is 0 Å². The van der Waals surface area contributed by atoms with Gasteiger partial charge in [0.25, 0.3) is 0 Å². The summed E-state index contributed by atoms with van der Waals surface area (Å²) in [7, 11) is 0. The van der Waals surface area contributed by atoms with E-state index in [9.17, 15) is 4.79 Å². The summed E-state index contributed by atoms with van der Waals surface area (Å²) in [4.78, 5) is 15.3. The lowest BCUT2D eigenvalue weighted by Crippen LogP contribution is -1.94. The molecule has 0 fully saturated rings. The van der Waals surface area contributed by atoms with E-state index in [4.69, 9.17) is 0 Å². The van der Waals surface area contributed by atoms with Crippen molar-refractivity contribution in [1.82, 2.24) is 9.55 Å². The largest absolute Gasteiger partial charge is 0.299 e. The molecule has 0 saturated heterocycles. The van der Waals surface area contributed by atoms with Crippen LogP contribution in [0.15, 0.2) is 42.7 Å². The maximum atomic E-state index is 10.9. The van der Waals surface area contributed by atoms with E-state index in [0.29, 0.717) is 5.56 Å². The van der Waals surface area contributed by atoms with Crippen LogP contribution in [-0.4, -0.2) is 15.8 Å². The van der Waals surface area contributed by atoms with Gasteiger partial charge in [0.15, 0.2) is 0 Å². The Morgan fingerprint density at radius 3 is 2.68 bits per heavy atom. The van der Waals surface area contributed by atoms with Crippen molar-refractivity contribution in [3.63, 3.8) is 0 Å². The molecule has 3 rings (SSSR count). The van der Waals surface area contributed by atoms with Crippen molar-refractivity contribution < 1.29 is 4.79 Å². The number of hydrogen-bond acceptors (Lipinski definition) is 2. The van der Waals surface area contributed by atoms with E-state index >= 15 is 0 Å². The number of aryl methyl sites for hydroxylation is 2. The lowest BCUT2D eigenvalue weighted by molar-refractivity contribution is 0.112. The number of nitrogens with zero attached hydrogens (tertiary/aromatic N) is 2. The number of benzene rings is 2. The van der Waals surface area contributed by atoms with Crippen LogP contribution in [0.25, 0.3) is 16.7 Å². The standard InChI is InChI=1S/C16H14N2O/c1-11-6-15-16(7-12(11)2)18(10-17-15)14-5-3-4-13(8-14)9-19/h3-10H,1-2H3. The molecule has 0 spiro atoms. The quantitative estimate of drug-likeness (QED) is 0.653. The maximum Gasteiger partial charge on any atom is 0.150 e. The minimum absolute atomic E-state index is 0.670. The molecule has 0 saturated carbocycles. The van der Waals surface area contributed by atoms with E-state index < -0.39 is 0 Å². The predicted octanol–water partition coefficient (Wildman–Crippen LogP) is 3.45. The van der Waals surface area contributed by atoms with Crippen molar-refractivity contribution in [2.45, 2.75) is 13.8 Å². The Hall–Kier alpha value is -2.42. The number of carbonyl (C=O) groups is 1. The average molecular weight is 250 g/mol. The smallest absolute Gasteiger partial charge is 0.150 e. The third kappa shape index (κ3) is 1.93. The molecule has 94 valence electrons. The zero-order valence-electron chi connectivity index (χ0n) is 10.9. The van der Waals surface area contributed by atoms with Gasteiger partial charge in [-0.05, 0) is 49.2 Å². The molecule has 3 nitrogen and oxygen atoms in total. The Balaban J connectivity index is 2.24. The maximum absolute atomic E-state index is 10.9. The van der Waals surface area contributed by atoms with E-state index in [-0.39, 0.29) is 0 Å². The summed E-state index contributed by atoms with van der Waals surface area (Å²) in [6.45, 7) is 4.18. The molecular weight excluding hydrogens is 236 g/mol. The molecule has 0 unspecified atom stereocenters. The number of imidazole rings is 1. The van der Waals surface area contributed by atoms with Gasteiger partial charge in [-0.1, -0.05) is 12.1 Å². The van der Waals surface area contributed by atoms with Gasteiger partial charge < -0.3 is 0 Å². The number of fused-ring (bicyclic) bond motifs is 1. The van der Waals surface area contributed by atoms with Crippen molar-refractivity contribution >= 4 is 17.3 Å². The summed E-state index contributed by atoms with van der Waals surface area (Å²) in [5, 5.41) is 0. The number of carbonyl (C=O) groups excluding carboxylic acids is 1. The van der Waals surface area contributed by atoms with Crippen LogP contribution >= 0.6 is 0 Å². The second-order valence-electron chi connectivity index (χ2n) is 4.75. The van der Waals surface area contributed by atoms with E-state index in [0.717, 1.165) is 23.0 Å². The van der Waals surface area contributed by atoms with Crippen LogP contribution in [0, 0.1) is 13.8 Å². The molecule has 3 aromatic rings. The van der Waals surface area contributed by atoms with Crippen LogP contribution in [0.4, 0.5) is 0 Å². The topological polar surface area (TPSA) is 34.9 Å². The highest BCUT2D eigenvalue weighted by Gasteiger charge is 2.07. The summed E-state index contributed by atoms with van der Waals surface area (Å²) < 4.78 is 2.01. The molecule has 0 radical (unpaired) electrons. The van der Waals surface area contributed by atoms with Crippen molar-refractivity contribution in [2.24, 2.45) is 0 Å². The highest BCUT2D eigenvalue weighted by molar-refractivity contribution is 5.80. The number of aldehydes is 1. The van der Waals surface area contributed by atoms with Crippen LogP contribution in [0.1, 0.15) is 21.5 Å². The molecule has 0 N–H and O–H groups in total. The Morgan fingerprint density at radius 2 is 1.89 bits per heavy atom. The van der Waals surface area contributed by atoms with Crippen molar-refractivity contribution in [3.05, 3.63) is 59.4 Å². The lowest BCUT2D eigenvalue weighted by Gasteiger charge is -2.06. The fourth-order valence-corrected chi connectivity index (χ4v) is 2.22. The van der Waals surface area contributed by atoms with E-state index in [1.165, 1.54) is 11.1 Å². The first kappa shape index (κ1) is 11.7. The molecule has 19 heavy (non-hydrogen) atoms. The number of rotatable bonds is 2. The molecular formula is C16H14N2O. The zero-order chi connectivity index (χ0) is 13.4. The fraction of sp³-hybridized carbons (Fsp3) is 0.125. The van der Waals surface area contributed by atoms with Gasteiger partial charge in [-0.15, -0.1) is 0 Å². The molecule has 0 atom stereocenters. The van der Waals surface area contributed by atoms with Crippen molar-refractivity contribution in [1.29, 1.82) is 0 Å². The summed E-state index contributed by atoms with van der Waals surface area (Å²) in [6.07, 6.45) is 2.66. The van der Waals surface area contributed by atoms with E-state index in [2.05, 4.69) is 31.0 Å². The van der Waals surface area contributed by atoms with Crippen LogP contribution in [0.2, 0.25) is 0 Å². The fourth-order valence-electron chi connectivity index (χ4n) is 2.22. The first-order chi connectivity index (χ1) is 9.19. The molecule has 0 bridgehead atoms.